The summed E-state index contributed by atoms with van der Waals surface area (Å²) in [7, 11) is -1.47. The highest BCUT2D eigenvalue weighted by Gasteiger charge is 2.35. The van der Waals surface area contributed by atoms with Crippen molar-refractivity contribution in [3.63, 3.8) is 0 Å². The third-order valence-corrected chi connectivity index (χ3v) is 5.79. The quantitative estimate of drug-likeness (QED) is 0.886. The highest BCUT2D eigenvalue weighted by Crippen LogP contribution is 2.26. The molecule has 2 amide bonds. The summed E-state index contributed by atoms with van der Waals surface area (Å²) in [5.41, 5.74) is 1.44. The number of carbonyl (C=O) groups is 1. The van der Waals surface area contributed by atoms with Gasteiger partial charge in [-0.15, -0.1) is 0 Å². The number of nitrogens with one attached hydrogen (secondary N) is 1. The van der Waals surface area contributed by atoms with Crippen molar-refractivity contribution in [1.29, 1.82) is 0 Å². The van der Waals surface area contributed by atoms with Crippen LogP contribution in [-0.2, 0) is 23.4 Å². The van der Waals surface area contributed by atoms with Gasteiger partial charge in [-0.2, -0.15) is 5.10 Å². The Labute approximate surface area is 145 Å². The van der Waals surface area contributed by atoms with E-state index in [0.717, 1.165) is 5.56 Å². The number of sulfone groups is 1. The van der Waals surface area contributed by atoms with E-state index in [1.807, 2.05) is 0 Å². The molecule has 1 aromatic heterocycles. The molecule has 1 N–H and O–H groups in total. The van der Waals surface area contributed by atoms with Gasteiger partial charge in [0.1, 0.15) is 5.82 Å². The summed E-state index contributed by atoms with van der Waals surface area (Å²) in [6.45, 7) is 0.360. The van der Waals surface area contributed by atoms with E-state index in [2.05, 4.69) is 10.4 Å². The maximum atomic E-state index is 12.9. The fraction of sp³-hybridized carbons (Fsp3) is 0.375. The number of rotatable bonds is 3. The van der Waals surface area contributed by atoms with E-state index < -0.39 is 15.9 Å². The molecule has 1 aliphatic rings. The monoisotopic (exact) mass is 366 g/mol. The molecule has 2 aromatic rings. The molecule has 1 saturated heterocycles. The van der Waals surface area contributed by atoms with Crippen LogP contribution < -0.4 is 5.32 Å². The first kappa shape index (κ1) is 17.4. The number of aromatic nitrogens is 2. The normalized spacial score (nSPS) is 19.6. The fourth-order valence-corrected chi connectivity index (χ4v) is 4.32. The number of benzene rings is 1. The van der Waals surface area contributed by atoms with Gasteiger partial charge in [0, 0.05) is 31.9 Å². The van der Waals surface area contributed by atoms with Crippen LogP contribution in [0.15, 0.2) is 36.7 Å². The van der Waals surface area contributed by atoms with E-state index in [1.165, 1.54) is 17.0 Å². The Hall–Kier alpha value is -2.42. The van der Waals surface area contributed by atoms with E-state index in [9.17, 15) is 17.6 Å². The number of nitrogens with zero attached hydrogens (tertiary/aromatic N) is 3. The molecule has 0 bridgehead atoms. The molecule has 0 aliphatic carbocycles. The van der Waals surface area contributed by atoms with Gasteiger partial charge in [0.2, 0.25) is 0 Å². The Morgan fingerprint density at radius 3 is 2.72 bits per heavy atom. The van der Waals surface area contributed by atoms with Gasteiger partial charge in [0.25, 0.3) is 0 Å². The van der Waals surface area contributed by atoms with Crippen LogP contribution >= 0.6 is 0 Å². The first-order valence-electron chi connectivity index (χ1n) is 7.82. The van der Waals surface area contributed by atoms with Gasteiger partial charge in [-0.3, -0.25) is 4.68 Å². The maximum absolute atomic E-state index is 12.9. The van der Waals surface area contributed by atoms with Gasteiger partial charge >= 0.3 is 6.03 Å². The molecule has 1 aliphatic heterocycles. The van der Waals surface area contributed by atoms with Crippen molar-refractivity contribution < 1.29 is 17.6 Å². The smallest absolute Gasteiger partial charge is 0.318 e. The van der Waals surface area contributed by atoms with Crippen LogP contribution in [0.4, 0.5) is 9.18 Å². The summed E-state index contributed by atoms with van der Waals surface area (Å²) >= 11 is 0. The zero-order chi connectivity index (χ0) is 18.0. The number of aryl methyl sites for hydroxylation is 1. The Morgan fingerprint density at radius 2 is 2.08 bits per heavy atom. The van der Waals surface area contributed by atoms with Gasteiger partial charge in [-0.05, 0) is 17.7 Å². The van der Waals surface area contributed by atoms with Crippen LogP contribution in [0.25, 0.3) is 0 Å². The number of amides is 2. The first-order chi connectivity index (χ1) is 11.8. The predicted octanol–water partition coefficient (Wildman–Crippen LogP) is 1.24. The van der Waals surface area contributed by atoms with E-state index >= 15 is 0 Å². The molecule has 1 aromatic carbocycles. The second-order valence-corrected chi connectivity index (χ2v) is 8.28. The number of hydrogen-bond acceptors (Lipinski definition) is 4. The zero-order valence-electron chi connectivity index (χ0n) is 13.7. The second-order valence-electron chi connectivity index (χ2n) is 6.06. The van der Waals surface area contributed by atoms with Crippen LogP contribution in [0.5, 0.6) is 0 Å². The van der Waals surface area contributed by atoms with E-state index in [-0.39, 0.29) is 36.4 Å². The zero-order valence-corrected chi connectivity index (χ0v) is 14.5. The third-order valence-electron chi connectivity index (χ3n) is 4.16. The first-order valence-corrected chi connectivity index (χ1v) is 9.64. The van der Waals surface area contributed by atoms with Crippen LogP contribution in [-0.4, -0.2) is 47.2 Å². The Kier molecular flexibility index (Phi) is 4.76. The van der Waals surface area contributed by atoms with Crippen molar-refractivity contribution >= 4 is 15.9 Å². The summed E-state index contributed by atoms with van der Waals surface area (Å²) < 4.78 is 38.5. The van der Waals surface area contributed by atoms with Crippen molar-refractivity contribution in [2.24, 2.45) is 7.05 Å². The average Bonchev–Trinajstić information content (AvgIpc) is 2.99. The lowest BCUT2D eigenvalue weighted by atomic mass is 10.1. The van der Waals surface area contributed by atoms with Crippen molar-refractivity contribution in [1.82, 2.24) is 20.0 Å². The summed E-state index contributed by atoms with van der Waals surface area (Å²) in [5.74, 6) is -0.524. The lowest BCUT2D eigenvalue weighted by molar-refractivity contribution is 0.180. The molecule has 2 heterocycles. The SMILES string of the molecule is Cn1cc([C@H]2CS(=O)(=O)CCN2C(=O)NCc2ccc(F)cc2)cn1. The summed E-state index contributed by atoms with van der Waals surface area (Å²) in [5, 5.41) is 6.83. The standard InChI is InChI=1S/C16H19FN4O3S/c1-20-10-13(9-19-20)15-11-25(23,24)7-6-21(15)16(22)18-8-12-2-4-14(17)5-3-12/h2-5,9-10,15H,6-8,11H2,1H3,(H,18,22)/t15-/m1/s1. The Balaban J connectivity index is 1.73. The fourth-order valence-electron chi connectivity index (χ4n) is 2.82. The molecular weight excluding hydrogens is 347 g/mol. The lowest BCUT2D eigenvalue weighted by Gasteiger charge is -2.35. The molecule has 7 nitrogen and oxygen atoms in total. The van der Waals surface area contributed by atoms with Crippen molar-refractivity contribution in [3.05, 3.63) is 53.6 Å². The molecule has 3 rings (SSSR count). The van der Waals surface area contributed by atoms with Crippen molar-refractivity contribution in [3.8, 4) is 0 Å². The van der Waals surface area contributed by atoms with Crippen LogP contribution in [0, 0.1) is 5.82 Å². The van der Waals surface area contributed by atoms with Crippen LogP contribution in [0.2, 0.25) is 0 Å². The Morgan fingerprint density at radius 1 is 1.36 bits per heavy atom. The van der Waals surface area contributed by atoms with Crippen molar-refractivity contribution in [2.75, 3.05) is 18.1 Å². The number of halogens is 1. The molecule has 134 valence electrons. The predicted molar refractivity (Wildman–Crippen MR) is 89.9 cm³/mol. The maximum Gasteiger partial charge on any atom is 0.318 e. The lowest BCUT2D eigenvalue weighted by Crippen LogP contribution is -2.49. The minimum atomic E-state index is -3.21. The Bertz CT molecular complexity index is 864. The van der Waals surface area contributed by atoms with Crippen molar-refractivity contribution in [2.45, 2.75) is 12.6 Å². The second kappa shape index (κ2) is 6.83. The highest BCUT2D eigenvalue weighted by molar-refractivity contribution is 7.91. The minimum Gasteiger partial charge on any atom is -0.334 e. The van der Waals surface area contributed by atoms with Gasteiger partial charge < -0.3 is 10.2 Å². The molecule has 25 heavy (non-hydrogen) atoms. The van der Waals surface area contributed by atoms with Gasteiger partial charge in [-0.1, -0.05) is 12.1 Å². The summed E-state index contributed by atoms with van der Waals surface area (Å²) in [6, 6.07) is 4.92. The molecule has 0 unspecified atom stereocenters. The molecular formula is C16H19FN4O3S. The highest BCUT2D eigenvalue weighted by atomic mass is 32.2. The number of carbonyl (C=O) groups excluding carboxylic acids is 1. The van der Waals surface area contributed by atoms with Gasteiger partial charge in [-0.25, -0.2) is 17.6 Å². The molecule has 1 fully saturated rings. The summed E-state index contributed by atoms with van der Waals surface area (Å²) in [4.78, 5) is 14.1. The molecule has 9 heteroatoms. The van der Waals surface area contributed by atoms with Gasteiger partial charge in [0.05, 0.1) is 23.7 Å². The van der Waals surface area contributed by atoms with Crippen LogP contribution in [0.1, 0.15) is 17.2 Å². The largest absolute Gasteiger partial charge is 0.334 e. The molecule has 0 saturated carbocycles. The third kappa shape index (κ3) is 4.16. The number of urea groups is 1. The van der Waals surface area contributed by atoms with Gasteiger partial charge in [0.15, 0.2) is 9.84 Å². The summed E-state index contributed by atoms with van der Waals surface area (Å²) in [6.07, 6.45) is 3.29. The topological polar surface area (TPSA) is 84.3 Å². The van der Waals surface area contributed by atoms with E-state index in [1.54, 1.807) is 36.3 Å². The van der Waals surface area contributed by atoms with Crippen LogP contribution in [0.3, 0.4) is 0 Å². The minimum absolute atomic E-state index is 0.0618. The number of hydrogen-bond donors (Lipinski definition) is 1. The average molecular weight is 366 g/mol. The van der Waals surface area contributed by atoms with E-state index in [4.69, 9.17) is 0 Å². The molecule has 0 radical (unpaired) electrons. The molecule has 1 atom stereocenters. The van der Waals surface area contributed by atoms with E-state index in [0.29, 0.717) is 5.56 Å². The molecule has 0 spiro atoms.